The summed E-state index contributed by atoms with van der Waals surface area (Å²) in [6.07, 6.45) is 9.64. The van der Waals surface area contributed by atoms with E-state index in [9.17, 15) is 9.18 Å². The molecule has 0 unspecified atom stereocenters. The van der Waals surface area contributed by atoms with Crippen LogP contribution < -0.4 is 10.6 Å². The topological polar surface area (TPSA) is 54.0 Å². The summed E-state index contributed by atoms with van der Waals surface area (Å²) in [5.41, 5.74) is 3.17. The molecule has 5 heteroatoms. The summed E-state index contributed by atoms with van der Waals surface area (Å²) in [6.45, 7) is 1.01. The van der Waals surface area contributed by atoms with Gasteiger partial charge in [0.25, 0.3) is 5.91 Å². The van der Waals surface area contributed by atoms with Crippen LogP contribution in [0.15, 0.2) is 54.2 Å². The van der Waals surface area contributed by atoms with Gasteiger partial charge < -0.3 is 10.6 Å². The molecule has 1 aliphatic rings. The van der Waals surface area contributed by atoms with Gasteiger partial charge in [0, 0.05) is 18.7 Å². The number of halogens is 1. The van der Waals surface area contributed by atoms with Crippen molar-refractivity contribution in [3.05, 3.63) is 71.3 Å². The van der Waals surface area contributed by atoms with E-state index in [2.05, 4.69) is 21.7 Å². The molecule has 2 N–H and O–H groups in total. The van der Waals surface area contributed by atoms with E-state index in [4.69, 9.17) is 0 Å². The second kappa shape index (κ2) is 9.13. The Bertz CT molecular complexity index is 771. The molecule has 1 heterocycles. The monoisotopic (exact) mass is 353 g/mol. The van der Waals surface area contributed by atoms with Gasteiger partial charge in [-0.3, -0.25) is 4.79 Å². The van der Waals surface area contributed by atoms with E-state index in [0.29, 0.717) is 24.3 Å². The molecular formula is C21H24FN3O. The molecule has 0 fully saturated rings. The van der Waals surface area contributed by atoms with Gasteiger partial charge in [0.05, 0.1) is 11.9 Å². The Morgan fingerprint density at radius 3 is 2.77 bits per heavy atom. The van der Waals surface area contributed by atoms with Crippen molar-refractivity contribution in [1.29, 1.82) is 0 Å². The van der Waals surface area contributed by atoms with E-state index in [1.165, 1.54) is 24.5 Å². The number of rotatable bonds is 7. The Hall–Kier alpha value is -2.69. The zero-order chi connectivity index (χ0) is 18.2. The van der Waals surface area contributed by atoms with Crippen LogP contribution in [0.1, 0.15) is 48.2 Å². The maximum absolute atomic E-state index is 13.6. The highest BCUT2D eigenvalue weighted by molar-refractivity contribution is 5.92. The van der Waals surface area contributed by atoms with E-state index in [0.717, 1.165) is 24.9 Å². The van der Waals surface area contributed by atoms with Crippen LogP contribution in [-0.4, -0.2) is 17.4 Å². The minimum Gasteiger partial charge on any atom is -0.380 e. The first-order chi connectivity index (χ1) is 12.7. The third-order valence-corrected chi connectivity index (χ3v) is 4.55. The molecular weight excluding hydrogens is 329 g/mol. The lowest BCUT2D eigenvalue weighted by Crippen LogP contribution is -2.25. The second-order valence-corrected chi connectivity index (χ2v) is 6.49. The standard InChI is InChI=1S/C21H24FN3O/c22-19-9-5-4-8-17(19)14-24-18-10-11-20(25-15-18)21(26)23-13-12-16-6-2-1-3-7-16/h4-6,8-11,15,24H,1-3,7,12-14H2,(H,23,26). The van der Waals surface area contributed by atoms with Crippen LogP contribution in [-0.2, 0) is 6.54 Å². The molecule has 0 spiro atoms. The molecule has 2 aromatic rings. The smallest absolute Gasteiger partial charge is 0.269 e. The number of hydrogen-bond donors (Lipinski definition) is 2. The lowest BCUT2D eigenvalue weighted by Gasteiger charge is -2.13. The van der Waals surface area contributed by atoms with Crippen LogP contribution in [0.4, 0.5) is 10.1 Å². The number of nitrogens with one attached hydrogen (secondary N) is 2. The molecule has 0 saturated carbocycles. The van der Waals surface area contributed by atoms with Crippen molar-refractivity contribution in [1.82, 2.24) is 10.3 Å². The first kappa shape index (κ1) is 18.1. The highest BCUT2D eigenvalue weighted by Crippen LogP contribution is 2.19. The van der Waals surface area contributed by atoms with Crippen molar-refractivity contribution in [3.8, 4) is 0 Å². The summed E-state index contributed by atoms with van der Waals surface area (Å²) in [5, 5.41) is 6.03. The number of amides is 1. The fourth-order valence-electron chi connectivity index (χ4n) is 3.03. The highest BCUT2D eigenvalue weighted by atomic mass is 19.1. The summed E-state index contributed by atoms with van der Waals surface area (Å²) >= 11 is 0. The summed E-state index contributed by atoms with van der Waals surface area (Å²) in [6, 6.07) is 10.1. The third kappa shape index (κ3) is 5.15. The molecule has 0 atom stereocenters. The predicted octanol–water partition coefficient (Wildman–Crippen LogP) is 4.45. The van der Waals surface area contributed by atoms with Gasteiger partial charge in [-0.2, -0.15) is 0 Å². The van der Waals surface area contributed by atoms with Gasteiger partial charge in [-0.15, -0.1) is 0 Å². The number of aromatic nitrogens is 1. The Labute approximate surface area is 153 Å². The second-order valence-electron chi connectivity index (χ2n) is 6.49. The highest BCUT2D eigenvalue weighted by Gasteiger charge is 2.08. The van der Waals surface area contributed by atoms with Gasteiger partial charge >= 0.3 is 0 Å². The van der Waals surface area contributed by atoms with E-state index in [-0.39, 0.29) is 11.7 Å². The van der Waals surface area contributed by atoms with E-state index in [1.54, 1.807) is 36.5 Å². The van der Waals surface area contributed by atoms with E-state index in [1.807, 2.05) is 0 Å². The number of carbonyl (C=O) groups is 1. The zero-order valence-electron chi connectivity index (χ0n) is 14.8. The van der Waals surface area contributed by atoms with Gasteiger partial charge in [0.15, 0.2) is 0 Å². The molecule has 136 valence electrons. The van der Waals surface area contributed by atoms with Crippen LogP contribution in [0, 0.1) is 5.82 Å². The molecule has 1 aliphatic carbocycles. The van der Waals surface area contributed by atoms with Crippen LogP contribution in [0.3, 0.4) is 0 Å². The third-order valence-electron chi connectivity index (χ3n) is 4.55. The Balaban J connectivity index is 1.46. The molecule has 0 radical (unpaired) electrons. The van der Waals surface area contributed by atoms with Gasteiger partial charge in [0.2, 0.25) is 0 Å². The van der Waals surface area contributed by atoms with Gasteiger partial charge in [-0.25, -0.2) is 9.37 Å². The van der Waals surface area contributed by atoms with Gasteiger partial charge in [-0.1, -0.05) is 29.8 Å². The molecule has 1 aromatic carbocycles. The number of benzene rings is 1. The fraction of sp³-hybridized carbons (Fsp3) is 0.333. The summed E-state index contributed by atoms with van der Waals surface area (Å²) in [7, 11) is 0. The van der Waals surface area contributed by atoms with E-state index < -0.39 is 0 Å². The number of anilines is 1. The molecule has 4 nitrogen and oxygen atoms in total. The largest absolute Gasteiger partial charge is 0.380 e. The first-order valence-corrected chi connectivity index (χ1v) is 9.12. The van der Waals surface area contributed by atoms with E-state index >= 15 is 0 Å². The van der Waals surface area contributed by atoms with Crippen molar-refractivity contribution in [2.24, 2.45) is 0 Å². The lowest BCUT2D eigenvalue weighted by atomic mass is 9.97. The maximum atomic E-state index is 13.6. The molecule has 0 saturated heterocycles. The molecule has 1 amide bonds. The predicted molar refractivity (Wildman–Crippen MR) is 101 cm³/mol. The molecule has 26 heavy (non-hydrogen) atoms. The molecule has 0 bridgehead atoms. The van der Waals surface area contributed by atoms with Crippen molar-refractivity contribution < 1.29 is 9.18 Å². The summed E-state index contributed by atoms with van der Waals surface area (Å²) in [4.78, 5) is 16.4. The first-order valence-electron chi connectivity index (χ1n) is 9.12. The Kier molecular flexibility index (Phi) is 6.36. The van der Waals surface area contributed by atoms with Crippen LogP contribution in [0.25, 0.3) is 0 Å². The van der Waals surface area contributed by atoms with Crippen LogP contribution in [0.2, 0.25) is 0 Å². The Morgan fingerprint density at radius 2 is 2.04 bits per heavy atom. The number of pyridine rings is 1. The average molecular weight is 353 g/mol. The zero-order valence-corrected chi connectivity index (χ0v) is 14.8. The van der Waals surface area contributed by atoms with Crippen molar-refractivity contribution in [2.45, 2.75) is 38.6 Å². The lowest BCUT2D eigenvalue weighted by molar-refractivity contribution is 0.0949. The molecule has 0 aliphatic heterocycles. The van der Waals surface area contributed by atoms with Crippen molar-refractivity contribution in [2.75, 3.05) is 11.9 Å². The number of hydrogen-bond acceptors (Lipinski definition) is 3. The van der Waals surface area contributed by atoms with Gasteiger partial charge in [0.1, 0.15) is 11.5 Å². The minimum atomic E-state index is -0.239. The van der Waals surface area contributed by atoms with Gasteiger partial charge in [-0.05, 0) is 50.3 Å². The van der Waals surface area contributed by atoms with Crippen LogP contribution in [0.5, 0.6) is 0 Å². The Morgan fingerprint density at radius 1 is 1.15 bits per heavy atom. The number of carbonyl (C=O) groups excluding carboxylic acids is 1. The summed E-state index contributed by atoms with van der Waals surface area (Å²) in [5.74, 6) is -0.404. The molecule has 1 aromatic heterocycles. The van der Waals surface area contributed by atoms with Crippen molar-refractivity contribution in [3.63, 3.8) is 0 Å². The SMILES string of the molecule is O=C(NCCC1=CCCCC1)c1ccc(NCc2ccccc2F)cn1. The van der Waals surface area contributed by atoms with Crippen molar-refractivity contribution >= 4 is 11.6 Å². The maximum Gasteiger partial charge on any atom is 0.269 e. The fourth-order valence-corrected chi connectivity index (χ4v) is 3.03. The molecule has 3 rings (SSSR count). The summed E-state index contributed by atoms with van der Waals surface area (Å²) < 4.78 is 13.6. The number of allylic oxidation sites excluding steroid dienone is 1. The quantitative estimate of drug-likeness (QED) is 0.723. The minimum absolute atomic E-state index is 0.165. The van der Waals surface area contributed by atoms with Crippen LogP contribution >= 0.6 is 0 Å². The average Bonchev–Trinajstić information content (AvgIpc) is 2.68. The normalized spacial score (nSPS) is 13.8. The number of nitrogens with zero attached hydrogens (tertiary/aromatic N) is 1.